The molecule has 5 rings (SSSR count). The first-order chi connectivity index (χ1) is 13.9. The Labute approximate surface area is 169 Å². The zero-order valence-electron chi connectivity index (χ0n) is 17.4. The van der Waals surface area contributed by atoms with Crippen molar-refractivity contribution >= 4 is 11.6 Å². The van der Waals surface area contributed by atoms with Crippen LogP contribution in [0.25, 0.3) is 16.9 Å². The number of amides is 1. The second-order valence-electron chi connectivity index (χ2n) is 8.49. The summed E-state index contributed by atoms with van der Waals surface area (Å²) < 4.78 is 3.62. The number of rotatable bonds is 3. The quantitative estimate of drug-likeness (QED) is 0.737. The van der Waals surface area contributed by atoms with E-state index in [0.29, 0.717) is 23.4 Å². The van der Waals surface area contributed by atoms with E-state index >= 15 is 0 Å². The molecule has 3 aromatic heterocycles. The van der Waals surface area contributed by atoms with Gasteiger partial charge in [0.1, 0.15) is 0 Å². The predicted octanol–water partition coefficient (Wildman–Crippen LogP) is 2.10. The topological polar surface area (TPSA) is 80.3 Å². The molecule has 0 aromatic carbocycles. The molecule has 1 amide bonds. The van der Waals surface area contributed by atoms with Gasteiger partial charge in [-0.3, -0.25) is 9.48 Å². The Kier molecular flexibility index (Phi) is 4.20. The minimum Gasteiger partial charge on any atom is -0.348 e. The number of carbonyl (C=O) groups excluding carboxylic acids is 1. The molecular weight excluding hydrogens is 366 g/mol. The lowest BCUT2D eigenvalue weighted by molar-refractivity contribution is 0.0877. The van der Waals surface area contributed by atoms with Crippen LogP contribution in [0.4, 0.5) is 0 Å². The Morgan fingerprint density at radius 2 is 1.86 bits per heavy atom. The van der Waals surface area contributed by atoms with Crippen molar-refractivity contribution in [3.63, 3.8) is 0 Å². The second kappa shape index (κ2) is 6.66. The highest BCUT2D eigenvalue weighted by Crippen LogP contribution is 2.34. The van der Waals surface area contributed by atoms with Crippen LogP contribution in [0.3, 0.4) is 0 Å². The maximum Gasteiger partial charge on any atom is 0.272 e. The molecule has 2 bridgehead atoms. The van der Waals surface area contributed by atoms with Crippen molar-refractivity contribution in [1.29, 1.82) is 0 Å². The van der Waals surface area contributed by atoms with Gasteiger partial charge in [-0.25, -0.2) is 9.50 Å². The summed E-state index contributed by atoms with van der Waals surface area (Å²) in [5.41, 5.74) is 4.99. The number of carbonyl (C=O) groups is 1. The van der Waals surface area contributed by atoms with Gasteiger partial charge in [0.05, 0.1) is 11.4 Å². The van der Waals surface area contributed by atoms with Gasteiger partial charge in [-0.05, 0) is 52.6 Å². The summed E-state index contributed by atoms with van der Waals surface area (Å²) in [6.07, 6.45) is 6.26. The predicted molar refractivity (Wildman–Crippen MR) is 110 cm³/mol. The number of hydrogen-bond donors (Lipinski definition) is 1. The third-order valence-corrected chi connectivity index (χ3v) is 6.79. The van der Waals surface area contributed by atoms with E-state index in [4.69, 9.17) is 0 Å². The van der Waals surface area contributed by atoms with Gasteiger partial charge in [-0.15, -0.1) is 0 Å². The van der Waals surface area contributed by atoms with Gasteiger partial charge in [-0.2, -0.15) is 10.2 Å². The first kappa shape index (κ1) is 18.3. The van der Waals surface area contributed by atoms with Crippen LogP contribution in [0.1, 0.15) is 47.6 Å². The normalized spacial score (nSPS) is 24.3. The van der Waals surface area contributed by atoms with Crippen LogP contribution in [0, 0.1) is 13.8 Å². The summed E-state index contributed by atoms with van der Waals surface area (Å²) >= 11 is 0. The van der Waals surface area contributed by atoms with Gasteiger partial charge in [0.15, 0.2) is 11.3 Å². The van der Waals surface area contributed by atoms with Crippen LogP contribution >= 0.6 is 0 Å². The molecule has 1 N–H and O–H groups in total. The van der Waals surface area contributed by atoms with Crippen molar-refractivity contribution in [2.45, 2.75) is 57.7 Å². The van der Waals surface area contributed by atoms with E-state index in [1.165, 1.54) is 12.8 Å². The van der Waals surface area contributed by atoms with Crippen molar-refractivity contribution in [2.24, 2.45) is 7.05 Å². The first-order valence-electron chi connectivity index (χ1n) is 10.3. The van der Waals surface area contributed by atoms with E-state index in [1.807, 2.05) is 31.6 Å². The van der Waals surface area contributed by atoms with Crippen molar-refractivity contribution in [1.82, 2.24) is 34.6 Å². The molecule has 0 saturated carbocycles. The minimum absolute atomic E-state index is 0.116. The van der Waals surface area contributed by atoms with Gasteiger partial charge in [-0.1, -0.05) is 0 Å². The van der Waals surface area contributed by atoms with Crippen LogP contribution in [-0.2, 0) is 7.05 Å². The molecule has 2 aliphatic rings. The zero-order chi connectivity index (χ0) is 20.3. The van der Waals surface area contributed by atoms with Crippen LogP contribution in [0.2, 0.25) is 0 Å². The lowest BCUT2D eigenvalue weighted by Gasteiger charge is -2.36. The fourth-order valence-corrected chi connectivity index (χ4v) is 5.13. The Bertz CT molecular complexity index is 1080. The van der Waals surface area contributed by atoms with Crippen molar-refractivity contribution in [3.8, 4) is 11.3 Å². The molecule has 2 fully saturated rings. The lowest BCUT2D eigenvalue weighted by Crippen LogP contribution is -2.48. The van der Waals surface area contributed by atoms with Crippen LogP contribution in [0.15, 0.2) is 18.3 Å². The monoisotopic (exact) mass is 393 g/mol. The van der Waals surface area contributed by atoms with E-state index < -0.39 is 0 Å². The first-order valence-corrected chi connectivity index (χ1v) is 10.3. The van der Waals surface area contributed by atoms with E-state index in [2.05, 4.69) is 32.4 Å². The standard InChI is InChI=1S/C21H27N7O/c1-12-20(13(2)27(4)24-12)18-7-8-22-19-11-17(25-28(18)19)21(29)23-14-9-15-5-6-16(10-14)26(15)3/h7-8,11,14-16H,5-6,9-10H2,1-4H3,(H,23,29). The molecule has 8 nitrogen and oxygen atoms in total. The van der Waals surface area contributed by atoms with E-state index in [-0.39, 0.29) is 11.9 Å². The molecule has 2 saturated heterocycles. The van der Waals surface area contributed by atoms with Gasteiger partial charge in [0.2, 0.25) is 0 Å². The number of nitrogens with zero attached hydrogens (tertiary/aromatic N) is 6. The number of fused-ring (bicyclic) bond motifs is 3. The highest BCUT2D eigenvalue weighted by Gasteiger charge is 2.39. The zero-order valence-corrected chi connectivity index (χ0v) is 17.4. The molecule has 3 aromatic rings. The maximum absolute atomic E-state index is 12.9. The van der Waals surface area contributed by atoms with Gasteiger partial charge >= 0.3 is 0 Å². The number of aryl methyl sites for hydroxylation is 2. The number of piperidine rings is 1. The molecule has 2 atom stereocenters. The van der Waals surface area contributed by atoms with Crippen molar-refractivity contribution in [3.05, 3.63) is 35.4 Å². The fraction of sp³-hybridized carbons (Fsp3) is 0.524. The van der Waals surface area contributed by atoms with Gasteiger partial charge in [0.25, 0.3) is 5.91 Å². The average Bonchev–Trinajstić information content (AvgIpc) is 3.28. The highest BCUT2D eigenvalue weighted by atomic mass is 16.2. The number of nitrogens with one attached hydrogen (secondary N) is 1. The van der Waals surface area contributed by atoms with Crippen molar-refractivity contribution in [2.75, 3.05) is 7.05 Å². The van der Waals surface area contributed by atoms with Crippen molar-refractivity contribution < 1.29 is 4.79 Å². The number of hydrogen-bond acceptors (Lipinski definition) is 5. The summed E-state index contributed by atoms with van der Waals surface area (Å²) in [6.45, 7) is 4.02. The molecular formula is C21H27N7O. The highest BCUT2D eigenvalue weighted by molar-refractivity contribution is 5.93. The Morgan fingerprint density at radius 3 is 2.52 bits per heavy atom. The molecule has 5 heterocycles. The third-order valence-electron chi connectivity index (χ3n) is 6.79. The average molecular weight is 393 g/mol. The van der Waals surface area contributed by atoms with Gasteiger partial charge < -0.3 is 10.2 Å². The summed E-state index contributed by atoms with van der Waals surface area (Å²) in [6, 6.07) is 5.09. The maximum atomic E-state index is 12.9. The molecule has 0 spiro atoms. The van der Waals surface area contributed by atoms with Crippen LogP contribution < -0.4 is 5.32 Å². The van der Waals surface area contributed by atoms with E-state index in [1.54, 1.807) is 16.8 Å². The van der Waals surface area contributed by atoms with E-state index in [9.17, 15) is 4.79 Å². The second-order valence-corrected chi connectivity index (χ2v) is 8.49. The summed E-state index contributed by atoms with van der Waals surface area (Å²) in [5.74, 6) is -0.116. The Hall–Kier alpha value is -2.74. The van der Waals surface area contributed by atoms with E-state index in [0.717, 1.165) is 35.5 Å². The molecule has 0 aliphatic carbocycles. The largest absolute Gasteiger partial charge is 0.348 e. The lowest BCUT2D eigenvalue weighted by atomic mass is 9.98. The molecule has 2 unspecified atom stereocenters. The molecule has 2 aliphatic heterocycles. The summed E-state index contributed by atoms with van der Waals surface area (Å²) in [5, 5.41) is 12.3. The fourth-order valence-electron chi connectivity index (χ4n) is 5.13. The Balaban J connectivity index is 1.44. The SMILES string of the molecule is Cc1nn(C)c(C)c1-c1ccnc2cc(C(=O)NC3CC4CCC(C3)N4C)nn12. The Morgan fingerprint density at radius 1 is 1.14 bits per heavy atom. The van der Waals surface area contributed by atoms with Gasteiger partial charge in [0, 0.05) is 48.7 Å². The molecule has 0 radical (unpaired) electrons. The minimum atomic E-state index is -0.116. The smallest absolute Gasteiger partial charge is 0.272 e. The molecule has 29 heavy (non-hydrogen) atoms. The van der Waals surface area contributed by atoms with Crippen LogP contribution in [-0.4, -0.2) is 60.4 Å². The summed E-state index contributed by atoms with van der Waals surface area (Å²) in [7, 11) is 4.14. The molecule has 152 valence electrons. The number of aromatic nitrogens is 5. The van der Waals surface area contributed by atoms with Crippen LogP contribution in [0.5, 0.6) is 0 Å². The third kappa shape index (κ3) is 2.93. The summed E-state index contributed by atoms with van der Waals surface area (Å²) in [4.78, 5) is 19.8. The molecule has 8 heteroatoms.